The predicted octanol–water partition coefficient (Wildman–Crippen LogP) is 1.08. The first kappa shape index (κ1) is 16.4. The molecule has 17 heavy (non-hydrogen) atoms. The highest BCUT2D eigenvalue weighted by Crippen LogP contribution is 2.13. The zero-order valence-corrected chi connectivity index (χ0v) is 12.3. The molecule has 0 saturated carbocycles. The Kier molecular flexibility index (Phi) is 7.39. The lowest BCUT2D eigenvalue weighted by Gasteiger charge is -2.28. The molecule has 1 amide bonds. The summed E-state index contributed by atoms with van der Waals surface area (Å²) < 4.78 is 0. The van der Waals surface area contributed by atoms with Crippen LogP contribution < -0.4 is 10.6 Å². The Morgan fingerprint density at radius 3 is 2.35 bits per heavy atom. The van der Waals surface area contributed by atoms with Crippen LogP contribution >= 0.6 is 0 Å². The number of nitrogens with one attached hydrogen (secondary N) is 2. The van der Waals surface area contributed by atoms with E-state index < -0.39 is 0 Å². The van der Waals surface area contributed by atoms with E-state index in [9.17, 15) is 4.79 Å². The Hall–Kier alpha value is -0.610. The van der Waals surface area contributed by atoms with Gasteiger partial charge in [-0.25, -0.2) is 0 Å². The SMILES string of the molecule is CC(C)NCCC(=O)NCC(C)(C)CN(C)C. The second kappa shape index (κ2) is 7.67. The van der Waals surface area contributed by atoms with Gasteiger partial charge in [-0.2, -0.15) is 0 Å². The van der Waals surface area contributed by atoms with Gasteiger partial charge in [-0.05, 0) is 19.5 Å². The fraction of sp³-hybridized carbons (Fsp3) is 0.923. The summed E-state index contributed by atoms with van der Waals surface area (Å²) in [5.41, 5.74) is 0.116. The second-order valence-corrected chi connectivity index (χ2v) is 6.04. The molecule has 0 aliphatic rings. The molecule has 4 nitrogen and oxygen atoms in total. The van der Waals surface area contributed by atoms with Crippen LogP contribution in [-0.4, -0.2) is 50.6 Å². The summed E-state index contributed by atoms with van der Waals surface area (Å²) >= 11 is 0. The van der Waals surface area contributed by atoms with Crippen molar-refractivity contribution >= 4 is 5.91 Å². The van der Waals surface area contributed by atoms with Gasteiger partial charge in [-0.3, -0.25) is 4.79 Å². The maximum atomic E-state index is 11.6. The average Bonchev–Trinajstić information content (AvgIpc) is 2.12. The lowest BCUT2D eigenvalue weighted by atomic mass is 9.93. The molecule has 0 unspecified atom stereocenters. The van der Waals surface area contributed by atoms with Crippen LogP contribution in [0.1, 0.15) is 34.1 Å². The van der Waals surface area contributed by atoms with Crippen molar-refractivity contribution in [1.82, 2.24) is 15.5 Å². The summed E-state index contributed by atoms with van der Waals surface area (Å²) in [6.45, 7) is 10.9. The number of rotatable bonds is 8. The molecule has 0 saturated heterocycles. The highest BCUT2D eigenvalue weighted by Gasteiger charge is 2.19. The van der Waals surface area contributed by atoms with Crippen LogP contribution in [0.2, 0.25) is 0 Å². The molecule has 0 atom stereocenters. The number of amides is 1. The first-order valence-electron chi connectivity index (χ1n) is 6.38. The van der Waals surface area contributed by atoms with Gasteiger partial charge in [0.2, 0.25) is 5.91 Å². The predicted molar refractivity (Wildman–Crippen MR) is 73.1 cm³/mol. The number of hydrogen-bond acceptors (Lipinski definition) is 3. The molecule has 0 bridgehead atoms. The molecule has 102 valence electrons. The van der Waals surface area contributed by atoms with Crippen molar-refractivity contribution < 1.29 is 4.79 Å². The normalized spacial score (nSPS) is 12.2. The molecular formula is C13H29N3O. The summed E-state index contributed by atoms with van der Waals surface area (Å²) in [5.74, 6) is 0.130. The molecule has 0 fully saturated rings. The molecule has 0 radical (unpaired) electrons. The fourth-order valence-electron chi connectivity index (χ4n) is 1.81. The molecule has 0 rings (SSSR count). The van der Waals surface area contributed by atoms with Gasteiger partial charge in [0.1, 0.15) is 0 Å². The highest BCUT2D eigenvalue weighted by molar-refractivity contribution is 5.76. The quantitative estimate of drug-likeness (QED) is 0.670. The summed E-state index contributed by atoms with van der Waals surface area (Å²) in [5, 5.41) is 6.23. The van der Waals surface area contributed by atoms with Gasteiger partial charge in [0.15, 0.2) is 0 Å². The minimum atomic E-state index is 0.116. The Bertz CT molecular complexity index is 225. The smallest absolute Gasteiger partial charge is 0.221 e. The third kappa shape index (κ3) is 10.3. The molecule has 0 aromatic rings. The van der Waals surface area contributed by atoms with Crippen molar-refractivity contribution in [2.45, 2.75) is 40.2 Å². The van der Waals surface area contributed by atoms with Crippen LogP contribution in [0.15, 0.2) is 0 Å². The van der Waals surface area contributed by atoms with E-state index in [4.69, 9.17) is 0 Å². The number of hydrogen-bond donors (Lipinski definition) is 2. The number of carbonyl (C=O) groups excluding carboxylic acids is 1. The first-order valence-corrected chi connectivity index (χ1v) is 6.38. The van der Waals surface area contributed by atoms with E-state index in [1.807, 2.05) is 0 Å². The van der Waals surface area contributed by atoms with Crippen LogP contribution in [0.3, 0.4) is 0 Å². The zero-order chi connectivity index (χ0) is 13.5. The molecule has 0 aromatic heterocycles. The van der Waals surface area contributed by atoms with Crippen molar-refractivity contribution in [2.24, 2.45) is 5.41 Å². The maximum absolute atomic E-state index is 11.6. The molecule has 2 N–H and O–H groups in total. The van der Waals surface area contributed by atoms with Gasteiger partial charge in [-0.15, -0.1) is 0 Å². The van der Waals surface area contributed by atoms with Gasteiger partial charge in [0.05, 0.1) is 0 Å². The van der Waals surface area contributed by atoms with Crippen molar-refractivity contribution in [2.75, 3.05) is 33.7 Å². The van der Waals surface area contributed by atoms with Crippen molar-refractivity contribution in [3.05, 3.63) is 0 Å². The van der Waals surface area contributed by atoms with E-state index in [2.05, 4.69) is 57.3 Å². The van der Waals surface area contributed by atoms with Crippen LogP contribution in [0.4, 0.5) is 0 Å². The topological polar surface area (TPSA) is 44.4 Å². The minimum Gasteiger partial charge on any atom is -0.355 e. The number of nitrogens with zero attached hydrogens (tertiary/aromatic N) is 1. The number of carbonyl (C=O) groups is 1. The van der Waals surface area contributed by atoms with Gasteiger partial charge in [-0.1, -0.05) is 27.7 Å². The fourth-order valence-corrected chi connectivity index (χ4v) is 1.81. The third-order valence-electron chi connectivity index (χ3n) is 2.41. The van der Waals surface area contributed by atoms with Crippen LogP contribution in [0.5, 0.6) is 0 Å². The summed E-state index contributed by atoms with van der Waals surface area (Å²) in [6.07, 6.45) is 0.552. The maximum Gasteiger partial charge on any atom is 0.221 e. The van der Waals surface area contributed by atoms with Crippen molar-refractivity contribution in [3.63, 3.8) is 0 Å². The summed E-state index contributed by atoms with van der Waals surface area (Å²) in [4.78, 5) is 13.7. The van der Waals surface area contributed by atoms with Crippen LogP contribution in [0.25, 0.3) is 0 Å². The van der Waals surface area contributed by atoms with Gasteiger partial charge < -0.3 is 15.5 Å². The molecule has 0 heterocycles. The van der Waals surface area contributed by atoms with Crippen molar-refractivity contribution in [3.8, 4) is 0 Å². The van der Waals surface area contributed by atoms with E-state index in [1.165, 1.54) is 0 Å². The lowest BCUT2D eigenvalue weighted by Crippen LogP contribution is -2.40. The van der Waals surface area contributed by atoms with Crippen LogP contribution in [-0.2, 0) is 4.79 Å². The van der Waals surface area contributed by atoms with E-state index in [-0.39, 0.29) is 11.3 Å². The van der Waals surface area contributed by atoms with Gasteiger partial charge in [0.25, 0.3) is 0 Å². The van der Waals surface area contributed by atoms with E-state index in [1.54, 1.807) is 0 Å². The molecule has 0 aliphatic heterocycles. The molecule has 0 aromatic carbocycles. The highest BCUT2D eigenvalue weighted by atomic mass is 16.1. The molecule has 0 spiro atoms. The van der Waals surface area contributed by atoms with E-state index >= 15 is 0 Å². The van der Waals surface area contributed by atoms with Gasteiger partial charge >= 0.3 is 0 Å². The van der Waals surface area contributed by atoms with Crippen molar-refractivity contribution in [1.29, 1.82) is 0 Å². The van der Waals surface area contributed by atoms with E-state index in [0.717, 1.165) is 19.6 Å². The second-order valence-electron chi connectivity index (χ2n) is 6.04. The first-order chi connectivity index (χ1) is 7.73. The molecular weight excluding hydrogens is 214 g/mol. The average molecular weight is 243 g/mol. The molecule has 0 aliphatic carbocycles. The Balaban J connectivity index is 3.75. The molecule has 4 heteroatoms. The zero-order valence-electron chi connectivity index (χ0n) is 12.3. The Labute approximate surface area is 106 Å². The minimum absolute atomic E-state index is 0.116. The monoisotopic (exact) mass is 243 g/mol. The van der Waals surface area contributed by atoms with E-state index in [0.29, 0.717) is 12.5 Å². The largest absolute Gasteiger partial charge is 0.355 e. The standard InChI is InChI=1S/C13H29N3O/c1-11(2)14-8-7-12(17)15-9-13(3,4)10-16(5)6/h11,14H,7-10H2,1-6H3,(H,15,17). The van der Waals surface area contributed by atoms with Gasteiger partial charge in [0, 0.05) is 32.1 Å². The summed E-state index contributed by atoms with van der Waals surface area (Å²) in [7, 11) is 4.10. The third-order valence-corrected chi connectivity index (χ3v) is 2.41. The Morgan fingerprint density at radius 1 is 1.29 bits per heavy atom. The summed E-state index contributed by atoms with van der Waals surface area (Å²) in [6, 6.07) is 0.438. The Morgan fingerprint density at radius 2 is 1.88 bits per heavy atom. The van der Waals surface area contributed by atoms with Crippen LogP contribution in [0, 0.1) is 5.41 Å². The lowest BCUT2D eigenvalue weighted by molar-refractivity contribution is -0.121.